The molecule has 6 nitrogen and oxygen atoms in total. The quantitative estimate of drug-likeness (QED) is 0.336. The number of hydrogen-bond acceptors (Lipinski definition) is 6. The zero-order chi connectivity index (χ0) is 18.5. The lowest BCUT2D eigenvalue weighted by atomic mass is 10.1. The molecule has 0 spiro atoms. The first kappa shape index (κ1) is 23.8. The third-order valence-corrected chi connectivity index (χ3v) is 4.26. The van der Waals surface area contributed by atoms with Gasteiger partial charge in [-0.3, -0.25) is 0 Å². The minimum atomic E-state index is 0.164. The molecular formula is C18H40N2O4. The average molecular weight is 349 g/mol. The van der Waals surface area contributed by atoms with Crippen molar-refractivity contribution < 1.29 is 20.4 Å². The van der Waals surface area contributed by atoms with Gasteiger partial charge in [-0.1, -0.05) is 27.7 Å². The van der Waals surface area contributed by atoms with Gasteiger partial charge < -0.3 is 30.2 Å². The molecule has 6 heteroatoms. The second-order valence-electron chi connectivity index (χ2n) is 7.67. The monoisotopic (exact) mass is 348 g/mol. The fraction of sp³-hybridized carbons (Fsp3) is 1.00. The summed E-state index contributed by atoms with van der Waals surface area (Å²) in [5.41, 5.74) is 0. The Morgan fingerprint density at radius 2 is 0.708 bits per heavy atom. The normalized spacial score (nSPS) is 17.2. The van der Waals surface area contributed by atoms with Crippen LogP contribution in [-0.2, 0) is 0 Å². The third-order valence-electron chi connectivity index (χ3n) is 4.26. The molecule has 0 aromatic heterocycles. The van der Waals surface area contributed by atoms with Gasteiger partial charge in [0.1, 0.15) is 0 Å². The zero-order valence-electron chi connectivity index (χ0n) is 16.1. The van der Waals surface area contributed by atoms with Crippen LogP contribution in [0, 0.1) is 23.7 Å². The Hall–Kier alpha value is -0.240. The molecule has 0 fully saturated rings. The van der Waals surface area contributed by atoms with E-state index in [2.05, 4.69) is 9.80 Å². The third kappa shape index (κ3) is 11.3. The van der Waals surface area contributed by atoms with Crippen LogP contribution in [0.15, 0.2) is 0 Å². The first-order chi connectivity index (χ1) is 11.4. The summed E-state index contributed by atoms with van der Waals surface area (Å²) in [5.74, 6) is 0.822. The van der Waals surface area contributed by atoms with Crippen molar-refractivity contribution in [2.45, 2.75) is 27.7 Å². The van der Waals surface area contributed by atoms with E-state index in [1.165, 1.54) is 0 Å². The highest BCUT2D eigenvalue weighted by atomic mass is 16.3. The van der Waals surface area contributed by atoms with E-state index in [0.29, 0.717) is 0 Å². The van der Waals surface area contributed by atoms with Crippen LogP contribution < -0.4 is 0 Å². The van der Waals surface area contributed by atoms with E-state index in [-0.39, 0.29) is 50.1 Å². The van der Waals surface area contributed by atoms with Crippen molar-refractivity contribution >= 4 is 0 Å². The summed E-state index contributed by atoms with van der Waals surface area (Å²) in [6, 6.07) is 0. The summed E-state index contributed by atoms with van der Waals surface area (Å²) >= 11 is 0. The lowest BCUT2D eigenvalue weighted by Crippen LogP contribution is -2.43. The van der Waals surface area contributed by atoms with Gasteiger partial charge in [-0.2, -0.15) is 0 Å². The standard InChI is InChI=1S/C18H40N2O4/c1-15(11-21)7-19(8-16(2)12-22)5-6-20(9-17(3)13-23)10-18(4)14-24/h15-18,21-24H,5-14H2,1-4H3. The Balaban J connectivity index is 4.66. The van der Waals surface area contributed by atoms with Gasteiger partial charge >= 0.3 is 0 Å². The number of hydrogen-bond donors (Lipinski definition) is 4. The number of aliphatic hydroxyl groups excluding tert-OH is 4. The maximum atomic E-state index is 9.31. The molecule has 0 rings (SSSR count). The van der Waals surface area contributed by atoms with Crippen LogP contribution in [0.1, 0.15) is 27.7 Å². The summed E-state index contributed by atoms with van der Waals surface area (Å²) in [4.78, 5) is 4.59. The fourth-order valence-corrected chi connectivity index (χ4v) is 2.79. The van der Waals surface area contributed by atoms with Crippen LogP contribution in [-0.4, -0.2) is 95.9 Å². The number of nitrogens with zero attached hydrogens (tertiary/aromatic N) is 2. The molecule has 4 atom stereocenters. The second-order valence-corrected chi connectivity index (χ2v) is 7.67. The Labute approximate surface area is 148 Å². The molecule has 0 aliphatic rings. The second kappa shape index (κ2) is 14.0. The van der Waals surface area contributed by atoms with E-state index in [0.717, 1.165) is 39.3 Å². The van der Waals surface area contributed by atoms with E-state index in [1.54, 1.807) is 0 Å². The molecule has 0 aliphatic carbocycles. The smallest absolute Gasteiger partial charge is 0.0468 e. The molecule has 0 saturated carbocycles. The highest BCUT2D eigenvalue weighted by Crippen LogP contribution is 2.08. The van der Waals surface area contributed by atoms with Crippen molar-refractivity contribution in [1.82, 2.24) is 9.80 Å². The van der Waals surface area contributed by atoms with Gasteiger partial charge in [0.15, 0.2) is 0 Å². The van der Waals surface area contributed by atoms with Crippen molar-refractivity contribution in [1.29, 1.82) is 0 Å². The predicted octanol–water partition coefficient (Wildman–Crippen LogP) is 0.104. The topological polar surface area (TPSA) is 87.4 Å². The molecule has 0 aliphatic heterocycles. The van der Waals surface area contributed by atoms with Crippen LogP contribution in [0.3, 0.4) is 0 Å². The molecule has 0 aromatic carbocycles. The van der Waals surface area contributed by atoms with E-state index in [9.17, 15) is 20.4 Å². The molecule has 0 saturated heterocycles. The lowest BCUT2D eigenvalue weighted by Gasteiger charge is -2.32. The summed E-state index contributed by atoms with van der Waals surface area (Å²) < 4.78 is 0. The summed E-state index contributed by atoms with van der Waals surface area (Å²) in [6.07, 6.45) is 0. The van der Waals surface area contributed by atoms with Crippen LogP contribution in [0.4, 0.5) is 0 Å². The largest absolute Gasteiger partial charge is 0.396 e. The molecular weight excluding hydrogens is 308 g/mol. The van der Waals surface area contributed by atoms with Crippen LogP contribution in [0.2, 0.25) is 0 Å². The molecule has 0 radical (unpaired) electrons. The lowest BCUT2D eigenvalue weighted by molar-refractivity contribution is 0.102. The Bertz CT molecular complexity index is 242. The molecule has 0 bridgehead atoms. The number of rotatable bonds is 15. The first-order valence-electron chi connectivity index (χ1n) is 9.24. The molecule has 146 valence electrons. The molecule has 4 unspecified atom stereocenters. The Morgan fingerprint density at radius 1 is 0.500 bits per heavy atom. The first-order valence-corrected chi connectivity index (χ1v) is 9.24. The fourth-order valence-electron chi connectivity index (χ4n) is 2.79. The van der Waals surface area contributed by atoms with Gasteiger partial charge in [-0.05, 0) is 23.7 Å². The van der Waals surface area contributed by atoms with Gasteiger partial charge in [0.05, 0.1) is 0 Å². The van der Waals surface area contributed by atoms with Gasteiger partial charge in [0.25, 0.3) is 0 Å². The molecule has 4 N–H and O–H groups in total. The molecule has 0 heterocycles. The molecule has 0 aromatic rings. The minimum absolute atomic E-state index is 0.164. The summed E-state index contributed by atoms with van der Waals surface area (Å²) in [5, 5.41) is 37.2. The zero-order valence-corrected chi connectivity index (χ0v) is 16.1. The minimum Gasteiger partial charge on any atom is -0.396 e. The highest BCUT2D eigenvalue weighted by Gasteiger charge is 2.17. The maximum absolute atomic E-state index is 9.31. The van der Waals surface area contributed by atoms with Gasteiger partial charge in [0.2, 0.25) is 0 Å². The van der Waals surface area contributed by atoms with Gasteiger partial charge in [-0.15, -0.1) is 0 Å². The molecule has 0 amide bonds. The Kier molecular flexibility index (Phi) is 13.8. The van der Waals surface area contributed by atoms with Gasteiger partial charge in [-0.25, -0.2) is 0 Å². The summed E-state index contributed by atoms with van der Waals surface area (Å²) in [6.45, 7) is 13.7. The maximum Gasteiger partial charge on any atom is 0.0468 e. The summed E-state index contributed by atoms with van der Waals surface area (Å²) in [7, 11) is 0. The Morgan fingerprint density at radius 3 is 0.875 bits per heavy atom. The highest BCUT2D eigenvalue weighted by molar-refractivity contribution is 4.71. The SMILES string of the molecule is CC(CO)CN(CCN(CC(C)CO)CC(C)CO)CC(C)CO. The van der Waals surface area contributed by atoms with Crippen molar-refractivity contribution in [2.75, 3.05) is 65.7 Å². The van der Waals surface area contributed by atoms with Crippen LogP contribution >= 0.6 is 0 Å². The average Bonchev–Trinajstić information content (AvgIpc) is 2.58. The van der Waals surface area contributed by atoms with Crippen molar-refractivity contribution in [3.8, 4) is 0 Å². The molecule has 24 heavy (non-hydrogen) atoms. The van der Waals surface area contributed by atoms with Crippen LogP contribution in [0.5, 0.6) is 0 Å². The number of aliphatic hydroxyl groups is 4. The van der Waals surface area contributed by atoms with E-state index in [4.69, 9.17) is 0 Å². The van der Waals surface area contributed by atoms with E-state index >= 15 is 0 Å². The van der Waals surface area contributed by atoms with E-state index < -0.39 is 0 Å². The van der Waals surface area contributed by atoms with E-state index in [1.807, 2.05) is 27.7 Å². The van der Waals surface area contributed by atoms with Crippen molar-refractivity contribution in [3.05, 3.63) is 0 Å². The van der Waals surface area contributed by atoms with Crippen LogP contribution in [0.25, 0.3) is 0 Å². The van der Waals surface area contributed by atoms with Gasteiger partial charge in [0, 0.05) is 65.7 Å². The van der Waals surface area contributed by atoms with Crippen molar-refractivity contribution in [2.24, 2.45) is 23.7 Å². The predicted molar refractivity (Wildman–Crippen MR) is 97.9 cm³/mol. The van der Waals surface area contributed by atoms with Crippen molar-refractivity contribution in [3.63, 3.8) is 0 Å².